The van der Waals surface area contributed by atoms with Gasteiger partial charge in [0.25, 0.3) is 0 Å². The quantitative estimate of drug-likeness (QED) is 0.393. The van der Waals surface area contributed by atoms with Gasteiger partial charge in [0.1, 0.15) is 5.78 Å². The molecule has 4 heteroatoms. The molecule has 4 rings (SSSR count). The van der Waals surface area contributed by atoms with E-state index in [0.29, 0.717) is 18.6 Å². The zero-order chi connectivity index (χ0) is 25.2. The molecule has 2 aromatic rings. The zero-order valence-electron chi connectivity index (χ0n) is 21.8. The third kappa shape index (κ3) is 5.56. The fraction of sp³-hybridized carbons (Fsp3) is 0.484. The molecule has 0 amide bonds. The Bertz CT molecular complexity index is 1130. The van der Waals surface area contributed by atoms with E-state index >= 15 is 0 Å². The summed E-state index contributed by atoms with van der Waals surface area (Å²) in [5.41, 5.74) is 7.26. The fourth-order valence-electron chi connectivity index (χ4n) is 5.85. The van der Waals surface area contributed by atoms with Crippen LogP contribution in [0.25, 0.3) is 11.6 Å². The fourth-order valence-corrected chi connectivity index (χ4v) is 6.02. The first kappa shape index (κ1) is 25.7. The van der Waals surface area contributed by atoms with E-state index in [-0.39, 0.29) is 10.8 Å². The van der Waals surface area contributed by atoms with Crippen LogP contribution in [0.2, 0.25) is 5.02 Å². The maximum absolute atomic E-state index is 12.4. The van der Waals surface area contributed by atoms with Crippen molar-refractivity contribution in [2.45, 2.75) is 78.1 Å². The van der Waals surface area contributed by atoms with E-state index < -0.39 is 0 Å². The molecule has 186 valence electrons. The minimum absolute atomic E-state index is 0.180. The average molecular weight is 491 g/mol. The number of carbonyl (C=O) groups excluding carboxylic acids is 1. The number of Topliss-reactive ketones (excluding diaryl/α,β-unsaturated/α-hetero) is 1. The number of piperidine rings is 1. The van der Waals surface area contributed by atoms with Crippen LogP contribution < -0.4 is 0 Å². The van der Waals surface area contributed by atoms with Crippen LogP contribution in [-0.2, 0) is 10.2 Å². The van der Waals surface area contributed by atoms with E-state index in [1.54, 1.807) is 0 Å². The van der Waals surface area contributed by atoms with Gasteiger partial charge in [0, 0.05) is 48.3 Å². The maximum Gasteiger partial charge on any atom is 0.133 e. The number of ketones is 1. The molecule has 1 fully saturated rings. The van der Waals surface area contributed by atoms with Gasteiger partial charge in [-0.05, 0) is 84.1 Å². The molecule has 0 radical (unpaired) electrons. The number of pyridine rings is 1. The van der Waals surface area contributed by atoms with Crippen molar-refractivity contribution in [2.75, 3.05) is 13.1 Å². The van der Waals surface area contributed by atoms with Crippen LogP contribution in [0, 0.1) is 5.41 Å². The summed E-state index contributed by atoms with van der Waals surface area (Å²) < 4.78 is 0. The number of allylic oxidation sites excluding steroid dienone is 2. The highest BCUT2D eigenvalue weighted by Crippen LogP contribution is 2.49. The second kappa shape index (κ2) is 10.3. The molecule has 1 aliphatic carbocycles. The predicted molar refractivity (Wildman–Crippen MR) is 148 cm³/mol. The highest BCUT2D eigenvalue weighted by atomic mass is 35.5. The third-order valence-electron chi connectivity index (χ3n) is 7.47. The van der Waals surface area contributed by atoms with Crippen LogP contribution in [0.5, 0.6) is 0 Å². The topological polar surface area (TPSA) is 33.2 Å². The summed E-state index contributed by atoms with van der Waals surface area (Å²) in [5.74, 6) is 0.327. The van der Waals surface area contributed by atoms with Crippen molar-refractivity contribution in [3.05, 3.63) is 76.2 Å². The van der Waals surface area contributed by atoms with Crippen molar-refractivity contribution < 1.29 is 4.79 Å². The molecule has 0 saturated carbocycles. The normalized spacial score (nSPS) is 16.8. The molecule has 0 atom stereocenters. The Kier molecular flexibility index (Phi) is 7.57. The van der Waals surface area contributed by atoms with Gasteiger partial charge in [0.15, 0.2) is 0 Å². The number of aromatic nitrogens is 1. The lowest BCUT2D eigenvalue weighted by Crippen LogP contribution is -2.44. The van der Waals surface area contributed by atoms with Crippen LogP contribution >= 0.6 is 11.6 Å². The van der Waals surface area contributed by atoms with E-state index in [1.807, 2.05) is 18.3 Å². The van der Waals surface area contributed by atoms with Crippen molar-refractivity contribution in [2.24, 2.45) is 5.41 Å². The van der Waals surface area contributed by atoms with Gasteiger partial charge in [-0.3, -0.25) is 9.78 Å². The molecule has 1 aromatic heterocycles. The van der Waals surface area contributed by atoms with Crippen LogP contribution in [0.1, 0.15) is 95.0 Å². The van der Waals surface area contributed by atoms with Crippen LogP contribution in [0.4, 0.5) is 0 Å². The van der Waals surface area contributed by atoms with Crippen LogP contribution in [0.3, 0.4) is 0 Å². The zero-order valence-corrected chi connectivity index (χ0v) is 22.5. The predicted octanol–water partition coefficient (Wildman–Crippen LogP) is 8.07. The Morgan fingerprint density at radius 3 is 2.60 bits per heavy atom. The monoisotopic (exact) mass is 490 g/mol. The lowest BCUT2D eigenvalue weighted by atomic mass is 9.68. The Hall–Kier alpha value is -2.39. The molecule has 2 heterocycles. The second-order valence-electron chi connectivity index (χ2n) is 11.5. The minimum Gasteiger partial charge on any atom is -0.375 e. The number of rotatable bonds is 7. The van der Waals surface area contributed by atoms with Gasteiger partial charge in [-0.15, -0.1) is 0 Å². The number of halogens is 1. The summed E-state index contributed by atoms with van der Waals surface area (Å²) in [6.07, 6.45) is 9.97. The first-order valence-corrected chi connectivity index (χ1v) is 13.4. The first-order valence-electron chi connectivity index (χ1n) is 13.0. The lowest BCUT2D eigenvalue weighted by molar-refractivity contribution is -0.119. The minimum atomic E-state index is -0.180. The number of likely N-dealkylation sites (tertiary alicyclic amines) is 1. The first-order chi connectivity index (χ1) is 16.6. The lowest BCUT2D eigenvalue weighted by Gasteiger charge is -2.45. The summed E-state index contributed by atoms with van der Waals surface area (Å²) in [5, 5.41) is 0.736. The summed E-state index contributed by atoms with van der Waals surface area (Å²) in [6.45, 7) is 15.2. The number of nitrogens with zero attached hydrogens (tertiary/aromatic N) is 2. The molecule has 35 heavy (non-hydrogen) atoms. The van der Waals surface area contributed by atoms with Crippen molar-refractivity contribution in [1.82, 2.24) is 9.88 Å². The van der Waals surface area contributed by atoms with Gasteiger partial charge in [-0.1, -0.05) is 58.0 Å². The molecule has 2 aliphatic rings. The van der Waals surface area contributed by atoms with Gasteiger partial charge in [0.05, 0.1) is 5.69 Å². The van der Waals surface area contributed by atoms with Crippen molar-refractivity contribution in [3.63, 3.8) is 0 Å². The molecule has 0 bridgehead atoms. The highest BCUT2D eigenvalue weighted by molar-refractivity contribution is 6.30. The van der Waals surface area contributed by atoms with E-state index in [0.717, 1.165) is 55.9 Å². The van der Waals surface area contributed by atoms with Gasteiger partial charge < -0.3 is 4.90 Å². The number of fused-ring (bicyclic) bond motifs is 4. The molecule has 0 N–H and O–H groups in total. The molecule has 0 unspecified atom stereocenters. The molecule has 1 aliphatic heterocycles. The maximum atomic E-state index is 12.4. The summed E-state index contributed by atoms with van der Waals surface area (Å²) in [7, 11) is 0. The highest BCUT2D eigenvalue weighted by Gasteiger charge is 2.43. The Morgan fingerprint density at radius 2 is 1.91 bits per heavy atom. The second-order valence-corrected chi connectivity index (χ2v) is 11.9. The van der Waals surface area contributed by atoms with E-state index in [4.69, 9.17) is 16.6 Å². The SMILES string of the molecule is C=C(CC(C)(C)C)N1CCC2(CC1)c1ccc(Cl)cc1C(CCC(=O)CCC)=Cc1cccnc12. The largest absolute Gasteiger partial charge is 0.375 e. The number of hydrogen-bond acceptors (Lipinski definition) is 3. The number of hydrogen-bond donors (Lipinski definition) is 0. The van der Waals surface area contributed by atoms with Crippen LogP contribution in [0.15, 0.2) is 48.8 Å². The average Bonchev–Trinajstić information content (AvgIpc) is 2.91. The van der Waals surface area contributed by atoms with Crippen molar-refractivity contribution in [3.8, 4) is 0 Å². The summed E-state index contributed by atoms with van der Waals surface area (Å²) in [6, 6.07) is 10.5. The number of benzene rings is 1. The third-order valence-corrected chi connectivity index (χ3v) is 7.70. The van der Waals surface area contributed by atoms with Gasteiger partial charge >= 0.3 is 0 Å². The summed E-state index contributed by atoms with van der Waals surface area (Å²) >= 11 is 6.54. The number of carbonyl (C=O) groups is 1. The van der Waals surface area contributed by atoms with E-state index in [1.165, 1.54) is 28.0 Å². The Balaban J connectivity index is 1.73. The van der Waals surface area contributed by atoms with Gasteiger partial charge in [-0.25, -0.2) is 0 Å². The molecule has 3 nitrogen and oxygen atoms in total. The molecule has 1 saturated heterocycles. The van der Waals surface area contributed by atoms with Crippen molar-refractivity contribution >= 4 is 29.0 Å². The smallest absolute Gasteiger partial charge is 0.133 e. The summed E-state index contributed by atoms with van der Waals surface area (Å²) in [4.78, 5) is 19.9. The molecule has 1 spiro atoms. The standard InChI is InChI=1S/C31H39ClN2O/c1-6-8-26(35)12-10-23-19-24-9-7-16-33-29(24)31(28-13-11-25(32)20-27(23)28)14-17-34(18-15-31)22(2)21-30(3,4)5/h7,9,11,13,16,19-20H,2,6,8,10,12,14-15,17-18,21H2,1,3-5H3. The van der Waals surface area contributed by atoms with Crippen LogP contribution in [-0.4, -0.2) is 28.8 Å². The Labute approximate surface area is 216 Å². The molecular formula is C31H39ClN2O. The van der Waals surface area contributed by atoms with E-state index in [9.17, 15) is 4.79 Å². The Morgan fingerprint density at radius 1 is 1.17 bits per heavy atom. The molecule has 1 aromatic carbocycles. The van der Waals surface area contributed by atoms with Gasteiger partial charge in [-0.2, -0.15) is 0 Å². The molecular weight excluding hydrogens is 452 g/mol. The van der Waals surface area contributed by atoms with Gasteiger partial charge in [0.2, 0.25) is 0 Å². The van der Waals surface area contributed by atoms with E-state index in [2.05, 4.69) is 63.4 Å². The van der Waals surface area contributed by atoms with Crippen molar-refractivity contribution in [1.29, 1.82) is 0 Å².